The van der Waals surface area contributed by atoms with Gasteiger partial charge in [-0.15, -0.1) is 0 Å². The summed E-state index contributed by atoms with van der Waals surface area (Å²) in [5.74, 6) is 1.48. The summed E-state index contributed by atoms with van der Waals surface area (Å²) in [5, 5.41) is 0. The van der Waals surface area contributed by atoms with Gasteiger partial charge in [-0.05, 0) is 61.6 Å². The Labute approximate surface area is 160 Å². The molecule has 0 aromatic heterocycles. The largest absolute Gasteiger partial charge is 0.497 e. The fraction of sp³-hybridized carbons (Fsp3) is 0.409. The molecule has 0 saturated heterocycles. The number of anilines is 1. The maximum absolute atomic E-state index is 13.1. The maximum Gasteiger partial charge on any atom is 0.255 e. The fourth-order valence-corrected chi connectivity index (χ4v) is 3.51. The van der Waals surface area contributed by atoms with Crippen molar-refractivity contribution < 1.29 is 19.0 Å². The van der Waals surface area contributed by atoms with Gasteiger partial charge in [0.05, 0.1) is 26.5 Å². The maximum atomic E-state index is 13.1. The summed E-state index contributed by atoms with van der Waals surface area (Å²) >= 11 is 0. The van der Waals surface area contributed by atoms with Gasteiger partial charge in [0.1, 0.15) is 17.6 Å². The van der Waals surface area contributed by atoms with Gasteiger partial charge in [0.25, 0.3) is 5.91 Å². The van der Waals surface area contributed by atoms with Crippen LogP contribution in [0.4, 0.5) is 5.69 Å². The van der Waals surface area contributed by atoms with Gasteiger partial charge in [0.15, 0.2) is 0 Å². The zero-order chi connectivity index (χ0) is 19.4. The molecule has 144 valence electrons. The number of carbonyl (C=O) groups excluding carboxylic acids is 1. The zero-order valence-electron chi connectivity index (χ0n) is 16.5. The smallest absolute Gasteiger partial charge is 0.255 e. The molecule has 0 saturated carbocycles. The van der Waals surface area contributed by atoms with Crippen molar-refractivity contribution in [2.24, 2.45) is 0 Å². The van der Waals surface area contributed by atoms with Crippen molar-refractivity contribution in [1.82, 2.24) is 0 Å². The van der Waals surface area contributed by atoms with Gasteiger partial charge in [0, 0.05) is 6.54 Å². The molecule has 5 heteroatoms. The van der Waals surface area contributed by atoms with Crippen LogP contribution in [0.25, 0.3) is 0 Å². The second kappa shape index (κ2) is 8.44. The number of carbonyl (C=O) groups is 1. The molecule has 2 aromatic rings. The molecule has 1 aliphatic heterocycles. The van der Waals surface area contributed by atoms with E-state index in [4.69, 9.17) is 14.2 Å². The number of nitrogens with zero attached hydrogens (tertiary/aromatic N) is 1. The Balaban J connectivity index is 1.75. The normalized spacial score (nSPS) is 14.4. The first-order valence-corrected chi connectivity index (χ1v) is 9.27. The van der Waals surface area contributed by atoms with Crippen LogP contribution in [0.1, 0.15) is 30.0 Å². The van der Waals surface area contributed by atoms with E-state index in [0.717, 1.165) is 35.6 Å². The van der Waals surface area contributed by atoms with Crippen LogP contribution in [0.3, 0.4) is 0 Å². The van der Waals surface area contributed by atoms with Crippen LogP contribution in [-0.2, 0) is 22.6 Å². The van der Waals surface area contributed by atoms with Crippen LogP contribution in [0, 0.1) is 6.92 Å². The summed E-state index contributed by atoms with van der Waals surface area (Å²) in [6, 6.07) is 11.7. The summed E-state index contributed by atoms with van der Waals surface area (Å²) in [6.07, 6.45) is 1.35. The first-order valence-electron chi connectivity index (χ1n) is 9.27. The zero-order valence-corrected chi connectivity index (χ0v) is 16.5. The third-order valence-corrected chi connectivity index (χ3v) is 5.03. The number of hydrogen-bond donors (Lipinski definition) is 0. The number of benzene rings is 2. The lowest BCUT2D eigenvalue weighted by Crippen LogP contribution is -2.42. The predicted octanol–water partition coefficient (Wildman–Crippen LogP) is 3.90. The van der Waals surface area contributed by atoms with E-state index < -0.39 is 6.10 Å². The lowest BCUT2D eigenvalue weighted by Gasteiger charge is -2.33. The van der Waals surface area contributed by atoms with E-state index in [-0.39, 0.29) is 5.91 Å². The van der Waals surface area contributed by atoms with Crippen molar-refractivity contribution in [2.75, 3.05) is 25.7 Å². The van der Waals surface area contributed by atoms with Crippen molar-refractivity contribution in [2.45, 2.75) is 39.4 Å². The number of methoxy groups -OCH3 is 2. The lowest BCUT2D eigenvalue weighted by atomic mass is 9.96. The minimum atomic E-state index is -0.549. The predicted molar refractivity (Wildman–Crippen MR) is 106 cm³/mol. The van der Waals surface area contributed by atoms with E-state index in [1.165, 1.54) is 11.1 Å². The van der Waals surface area contributed by atoms with Gasteiger partial charge >= 0.3 is 0 Å². The minimum absolute atomic E-state index is 0.0391. The molecule has 0 radical (unpaired) electrons. The van der Waals surface area contributed by atoms with Crippen LogP contribution in [0.15, 0.2) is 36.4 Å². The summed E-state index contributed by atoms with van der Waals surface area (Å²) in [7, 11) is 3.28. The number of ether oxygens (including phenoxy) is 3. The molecule has 0 bridgehead atoms. The highest BCUT2D eigenvalue weighted by Gasteiger charge is 2.30. The molecule has 27 heavy (non-hydrogen) atoms. The molecule has 0 N–H and O–H groups in total. The van der Waals surface area contributed by atoms with Crippen LogP contribution < -0.4 is 14.4 Å². The van der Waals surface area contributed by atoms with Crippen molar-refractivity contribution >= 4 is 11.6 Å². The fourth-order valence-electron chi connectivity index (χ4n) is 3.51. The van der Waals surface area contributed by atoms with Gasteiger partial charge in [-0.25, -0.2) is 0 Å². The van der Waals surface area contributed by atoms with Crippen LogP contribution in [0.5, 0.6) is 11.5 Å². The first kappa shape index (κ1) is 19.2. The molecule has 0 spiro atoms. The van der Waals surface area contributed by atoms with Gasteiger partial charge in [-0.1, -0.05) is 18.2 Å². The second-order valence-corrected chi connectivity index (χ2v) is 6.81. The van der Waals surface area contributed by atoms with Gasteiger partial charge in [-0.2, -0.15) is 0 Å². The van der Waals surface area contributed by atoms with E-state index in [2.05, 4.69) is 6.92 Å². The van der Waals surface area contributed by atoms with Crippen molar-refractivity contribution in [3.8, 4) is 11.5 Å². The number of hydrogen-bond acceptors (Lipinski definition) is 4. The van der Waals surface area contributed by atoms with E-state index in [0.29, 0.717) is 13.2 Å². The molecule has 1 heterocycles. The second-order valence-electron chi connectivity index (χ2n) is 6.81. The summed E-state index contributed by atoms with van der Waals surface area (Å²) < 4.78 is 16.6. The Morgan fingerprint density at radius 3 is 2.74 bits per heavy atom. The molecule has 0 fully saturated rings. The molecular weight excluding hydrogens is 342 g/mol. The Kier molecular flexibility index (Phi) is 6.01. The molecule has 1 aliphatic rings. The van der Waals surface area contributed by atoms with E-state index in [1.807, 2.05) is 41.3 Å². The summed E-state index contributed by atoms with van der Waals surface area (Å²) in [6.45, 7) is 4.92. The van der Waals surface area contributed by atoms with Crippen LogP contribution in [0.2, 0.25) is 0 Å². The van der Waals surface area contributed by atoms with Gasteiger partial charge < -0.3 is 19.1 Å². The van der Waals surface area contributed by atoms with E-state index in [1.54, 1.807) is 21.1 Å². The third kappa shape index (κ3) is 4.08. The number of aryl methyl sites for hydroxylation is 1. The molecule has 5 nitrogen and oxygen atoms in total. The standard InChI is InChI=1S/C22H27NO4/c1-15-10-11-20(26-4)21-19(15)9-6-12-23(21)22(24)16(2)27-14-17-7-5-8-18(13-17)25-3/h5,7-8,10-11,13,16H,6,9,12,14H2,1-4H3. The van der Waals surface area contributed by atoms with Gasteiger partial charge in [0.2, 0.25) is 0 Å². The molecule has 1 unspecified atom stereocenters. The Morgan fingerprint density at radius 1 is 1.19 bits per heavy atom. The van der Waals surface area contributed by atoms with Gasteiger partial charge in [-0.3, -0.25) is 4.79 Å². The quantitative estimate of drug-likeness (QED) is 0.775. The molecule has 1 amide bonds. The number of fused-ring (bicyclic) bond motifs is 1. The van der Waals surface area contributed by atoms with E-state index in [9.17, 15) is 4.79 Å². The third-order valence-electron chi connectivity index (χ3n) is 5.03. The van der Waals surface area contributed by atoms with E-state index >= 15 is 0 Å². The topological polar surface area (TPSA) is 48.0 Å². The molecular formula is C22H27NO4. The summed E-state index contributed by atoms with van der Waals surface area (Å²) in [4.78, 5) is 14.9. The van der Waals surface area contributed by atoms with Crippen molar-refractivity contribution in [3.05, 3.63) is 53.1 Å². The summed E-state index contributed by atoms with van der Waals surface area (Å²) in [5.41, 5.74) is 4.24. The molecule has 2 aromatic carbocycles. The molecule has 0 aliphatic carbocycles. The average Bonchev–Trinajstić information content (AvgIpc) is 2.71. The number of amides is 1. The highest BCUT2D eigenvalue weighted by atomic mass is 16.5. The minimum Gasteiger partial charge on any atom is -0.497 e. The van der Waals surface area contributed by atoms with Crippen LogP contribution in [-0.4, -0.2) is 32.8 Å². The SMILES string of the molecule is COc1cccc(COC(C)C(=O)N2CCCc3c(C)ccc(OC)c32)c1. The first-order chi connectivity index (χ1) is 13.0. The van der Waals surface area contributed by atoms with Crippen molar-refractivity contribution in [1.29, 1.82) is 0 Å². The number of rotatable bonds is 6. The highest BCUT2D eigenvalue weighted by molar-refractivity contribution is 5.99. The Hall–Kier alpha value is -2.53. The lowest BCUT2D eigenvalue weighted by molar-refractivity contribution is -0.129. The van der Waals surface area contributed by atoms with Crippen LogP contribution >= 0.6 is 0 Å². The highest BCUT2D eigenvalue weighted by Crippen LogP contribution is 2.38. The average molecular weight is 369 g/mol. The molecule has 1 atom stereocenters. The monoisotopic (exact) mass is 369 g/mol. The Bertz CT molecular complexity index is 818. The molecule has 3 rings (SSSR count). The van der Waals surface area contributed by atoms with Crippen molar-refractivity contribution in [3.63, 3.8) is 0 Å². The Morgan fingerprint density at radius 2 is 2.00 bits per heavy atom.